The van der Waals surface area contributed by atoms with Gasteiger partial charge in [-0.05, 0) is 24.1 Å². The van der Waals surface area contributed by atoms with Crippen LogP contribution in [0.4, 0.5) is 4.39 Å². The Morgan fingerprint density at radius 3 is 2.65 bits per heavy atom. The van der Waals surface area contributed by atoms with Crippen LogP contribution in [0.25, 0.3) is 0 Å². The van der Waals surface area contributed by atoms with Gasteiger partial charge >= 0.3 is 0 Å². The lowest BCUT2D eigenvalue weighted by molar-refractivity contribution is 0.0775. The Balaban J connectivity index is 2.98. The molecule has 0 radical (unpaired) electrons. The Hall–Kier alpha value is -1.58. The van der Waals surface area contributed by atoms with Gasteiger partial charge in [0.25, 0.3) is 5.91 Å². The number of methoxy groups -OCH3 is 1. The molecule has 1 rings (SSSR count). The van der Waals surface area contributed by atoms with Crippen molar-refractivity contribution in [3.63, 3.8) is 0 Å². The fourth-order valence-corrected chi connectivity index (χ4v) is 1.68. The second-order valence-electron chi connectivity index (χ2n) is 4.42. The third-order valence-electron chi connectivity index (χ3n) is 2.38. The second-order valence-corrected chi connectivity index (χ2v) is 4.42. The first-order chi connectivity index (χ1) is 7.95. The molecular weight excluding hydrogens is 221 g/mol. The number of carbonyl (C=O) groups is 1. The Morgan fingerprint density at radius 1 is 1.47 bits per heavy atom. The minimum absolute atomic E-state index is 0.227. The molecule has 0 N–H and O–H groups in total. The quantitative estimate of drug-likeness (QED) is 0.808. The zero-order valence-corrected chi connectivity index (χ0v) is 10.7. The van der Waals surface area contributed by atoms with Gasteiger partial charge in [-0.1, -0.05) is 13.8 Å². The molecule has 0 spiro atoms. The van der Waals surface area contributed by atoms with Crippen LogP contribution in [0.2, 0.25) is 0 Å². The van der Waals surface area contributed by atoms with Gasteiger partial charge in [0, 0.05) is 13.6 Å². The lowest BCUT2D eigenvalue weighted by atomic mass is 10.1. The van der Waals surface area contributed by atoms with Crippen LogP contribution >= 0.6 is 0 Å². The maximum Gasteiger partial charge on any atom is 0.257 e. The van der Waals surface area contributed by atoms with Gasteiger partial charge in [-0.3, -0.25) is 4.79 Å². The van der Waals surface area contributed by atoms with E-state index in [0.717, 1.165) is 0 Å². The fraction of sp³-hybridized carbons (Fsp3) is 0.462. The first-order valence-electron chi connectivity index (χ1n) is 5.54. The van der Waals surface area contributed by atoms with E-state index in [-0.39, 0.29) is 11.5 Å². The number of amides is 1. The molecule has 0 atom stereocenters. The number of hydrogen-bond donors (Lipinski definition) is 0. The zero-order chi connectivity index (χ0) is 13.0. The third kappa shape index (κ3) is 3.44. The van der Waals surface area contributed by atoms with Gasteiger partial charge < -0.3 is 9.64 Å². The molecule has 0 aliphatic carbocycles. The number of carbonyl (C=O) groups excluding carboxylic acids is 1. The number of halogens is 1. The monoisotopic (exact) mass is 239 g/mol. The first kappa shape index (κ1) is 13.5. The predicted octanol–water partition coefficient (Wildman–Crippen LogP) is 2.56. The molecule has 1 aromatic rings. The maximum absolute atomic E-state index is 13.1. The SMILES string of the molecule is COc1ccc(F)cc1C(=O)N(C)CC(C)C. The van der Waals surface area contributed by atoms with Crippen molar-refractivity contribution in [2.75, 3.05) is 20.7 Å². The summed E-state index contributed by atoms with van der Waals surface area (Å²) in [6.45, 7) is 4.66. The lowest BCUT2D eigenvalue weighted by Gasteiger charge is -2.20. The average Bonchev–Trinajstić information content (AvgIpc) is 2.27. The highest BCUT2D eigenvalue weighted by Gasteiger charge is 2.17. The molecule has 94 valence electrons. The summed E-state index contributed by atoms with van der Waals surface area (Å²) >= 11 is 0. The van der Waals surface area contributed by atoms with E-state index in [9.17, 15) is 9.18 Å². The normalized spacial score (nSPS) is 10.5. The van der Waals surface area contributed by atoms with Crippen LogP contribution in [0, 0.1) is 11.7 Å². The molecule has 0 unspecified atom stereocenters. The fourth-order valence-electron chi connectivity index (χ4n) is 1.68. The van der Waals surface area contributed by atoms with E-state index in [1.54, 1.807) is 11.9 Å². The van der Waals surface area contributed by atoms with Crippen LogP contribution in [0.3, 0.4) is 0 Å². The molecule has 1 aromatic carbocycles. The highest BCUT2D eigenvalue weighted by molar-refractivity contribution is 5.96. The van der Waals surface area contributed by atoms with Crippen LogP contribution in [-0.2, 0) is 0 Å². The van der Waals surface area contributed by atoms with Gasteiger partial charge in [0.1, 0.15) is 11.6 Å². The summed E-state index contributed by atoms with van der Waals surface area (Å²) in [4.78, 5) is 13.7. The topological polar surface area (TPSA) is 29.5 Å². The zero-order valence-electron chi connectivity index (χ0n) is 10.7. The molecule has 1 amide bonds. The minimum atomic E-state index is -0.438. The largest absolute Gasteiger partial charge is 0.496 e. The van der Waals surface area contributed by atoms with Crippen molar-refractivity contribution < 1.29 is 13.9 Å². The Morgan fingerprint density at radius 2 is 2.12 bits per heavy atom. The molecule has 0 heterocycles. The van der Waals surface area contributed by atoms with Gasteiger partial charge in [-0.15, -0.1) is 0 Å². The van der Waals surface area contributed by atoms with E-state index in [4.69, 9.17) is 4.74 Å². The molecule has 3 nitrogen and oxygen atoms in total. The summed E-state index contributed by atoms with van der Waals surface area (Å²) in [7, 11) is 3.17. The summed E-state index contributed by atoms with van der Waals surface area (Å²) in [5.74, 6) is 0.0951. The standard InChI is InChI=1S/C13H18FNO2/c1-9(2)8-15(3)13(16)11-7-10(14)5-6-12(11)17-4/h5-7,9H,8H2,1-4H3. The van der Waals surface area contributed by atoms with Crippen LogP contribution in [0.15, 0.2) is 18.2 Å². The van der Waals surface area contributed by atoms with Crippen LogP contribution in [0.1, 0.15) is 24.2 Å². The minimum Gasteiger partial charge on any atom is -0.496 e. The van der Waals surface area contributed by atoms with Crippen molar-refractivity contribution in [3.05, 3.63) is 29.6 Å². The van der Waals surface area contributed by atoms with Gasteiger partial charge in [0.2, 0.25) is 0 Å². The number of nitrogens with zero attached hydrogens (tertiary/aromatic N) is 1. The lowest BCUT2D eigenvalue weighted by Crippen LogP contribution is -2.30. The van der Waals surface area contributed by atoms with Crippen molar-refractivity contribution in [2.45, 2.75) is 13.8 Å². The molecule has 0 saturated carbocycles. The molecule has 0 aliphatic heterocycles. The molecule has 17 heavy (non-hydrogen) atoms. The van der Waals surface area contributed by atoms with Crippen molar-refractivity contribution in [3.8, 4) is 5.75 Å². The van der Waals surface area contributed by atoms with Crippen LogP contribution < -0.4 is 4.74 Å². The van der Waals surface area contributed by atoms with Crippen LogP contribution in [-0.4, -0.2) is 31.5 Å². The number of hydrogen-bond acceptors (Lipinski definition) is 2. The number of benzene rings is 1. The predicted molar refractivity (Wildman–Crippen MR) is 64.8 cm³/mol. The first-order valence-corrected chi connectivity index (χ1v) is 5.54. The van der Waals surface area contributed by atoms with Gasteiger partial charge in [0.15, 0.2) is 0 Å². The molecule has 0 fully saturated rings. The van der Waals surface area contributed by atoms with E-state index < -0.39 is 5.82 Å². The van der Waals surface area contributed by atoms with Crippen LogP contribution in [0.5, 0.6) is 5.75 Å². The van der Waals surface area contributed by atoms with E-state index in [0.29, 0.717) is 18.2 Å². The molecular formula is C13H18FNO2. The van der Waals surface area contributed by atoms with E-state index in [1.807, 2.05) is 13.8 Å². The highest BCUT2D eigenvalue weighted by atomic mass is 19.1. The molecule has 0 bridgehead atoms. The number of ether oxygens (including phenoxy) is 1. The van der Waals surface area contributed by atoms with Gasteiger partial charge in [0.05, 0.1) is 12.7 Å². The van der Waals surface area contributed by atoms with E-state index in [1.165, 1.54) is 25.3 Å². The van der Waals surface area contributed by atoms with E-state index >= 15 is 0 Å². The smallest absolute Gasteiger partial charge is 0.257 e. The summed E-state index contributed by atoms with van der Waals surface area (Å²) < 4.78 is 18.2. The Bertz CT molecular complexity index is 404. The average molecular weight is 239 g/mol. The number of rotatable bonds is 4. The third-order valence-corrected chi connectivity index (χ3v) is 2.38. The van der Waals surface area contributed by atoms with Crippen molar-refractivity contribution in [1.82, 2.24) is 4.90 Å². The Labute approximate surface area is 101 Å². The summed E-state index contributed by atoms with van der Waals surface area (Å²) in [6.07, 6.45) is 0. The molecule has 0 aliphatic rings. The summed E-state index contributed by atoms with van der Waals surface area (Å²) in [6, 6.07) is 3.95. The summed E-state index contributed by atoms with van der Waals surface area (Å²) in [5, 5.41) is 0. The molecule has 4 heteroatoms. The summed E-state index contributed by atoms with van der Waals surface area (Å²) in [5.41, 5.74) is 0.260. The molecule has 0 aromatic heterocycles. The highest BCUT2D eigenvalue weighted by Crippen LogP contribution is 2.21. The van der Waals surface area contributed by atoms with E-state index in [2.05, 4.69) is 0 Å². The van der Waals surface area contributed by atoms with Gasteiger partial charge in [-0.25, -0.2) is 4.39 Å². The maximum atomic E-state index is 13.1. The van der Waals surface area contributed by atoms with Crippen molar-refractivity contribution >= 4 is 5.91 Å². The van der Waals surface area contributed by atoms with Crippen molar-refractivity contribution in [1.29, 1.82) is 0 Å². The van der Waals surface area contributed by atoms with Gasteiger partial charge in [-0.2, -0.15) is 0 Å². The van der Waals surface area contributed by atoms with Crippen molar-refractivity contribution in [2.24, 2.45) is 5.92 Å². The second kappa shape index (κ2) is 5.66. The Kier molecular flexibility index (Phi) is 4.49. The molecule has 0 saturated heterocycles.